The Morgan fingerprint density at radius 1 is 1.32 bits per heavy atom. The summed E-state index contributed by atoms with van der Waals surface area (Å²) < 4.78 is 26.1. The van der Waals surface area contributed by atoms with E-state index in [1.165, 1.54) is 0 Å². The number of rotatable bonds is 9. The number of likely N-dealkylation sites (N-methyl/N-ethyl adjacent to an activating group) is 1. The van der Waals surface area contributed by atoms with Crippen LogP contribution in [0, 0.1) is 0 Å². The summed E-state index contributed by atoms with van der Waals surface area (Å²) in [6.07, 6.45) is 2.68. The number of carbonyl (C=O) groups is 1. The van der Waals surface area contributed by atoms with Gasteiger partial charge in [-0.3, -0.25) is 4.79 Å². The number of primary amides is 1. The molecule has 124 valence electrons. The zero-order valence-electron chi connectivity index (χ0n) is 13.0. The third-order valence-corrected chi connectivity index (χ3v) is 5.62. The quantitative estimate of drug-likeness (QED) is 0.745. The normalized spacial score (nSPS) is 11.8. The Morgan fingerprint density at radius 2 is 2.00 bits per heavy atom. The monoisotopic (exact) mass is 346 g/mol. The number of hydrogen-bond acceptors (Lipinski definition) is 3. The van der Waals surface area contributed by atoms with Crippen LogP contribution < -0.4 is 5.73 Å². The molecule has 5 nitrogen and oxygen atoms in total. The third-order valence-electron chi connectivity index (χ3n) is 3.41. The molecular weight excluding hydrogens is 324 g/mol. The molecule has 0 aromatic heterocycles. The van der Waals surface area contributed by atoms with E-state index < -0.39 is 15.9 Å². The lowest BCUT2D eigenvalue weighted by atomic mass is 10.0. The Labute approximate surface area is 137 Å². The zero-order chi connectivity index (χ0) is 16.8. The Hall–Kier alpha value is -1.11. The van der Waals surface area contributed by atoms with E-state index in [2.05, 4.69) is 6.92 Å². The molecule has 0 heterocycles. The number of halogens is 1. The van der Waals surface area contributed by atoms with Crippen molar-refractivity contribution in [1.82, 2.24) is 4.31 Å². The molecule has 1 aromatic rings. The predicted octanol–water partition coefficient (Wildman–Crippen LogP) is 2.32. The third kappa shape index (κ3) is 5.26. The second-order valence-electron chi connectivity index (χ2n) is 5.13. The van der Waals surface area contributed by atoms with Crippen molar-refractivity contribution < 1.29 is 13.2 Å². The minimum Gasteiger partial charge on any atom is -0.369 e. The fraction of sp³-hybridized carbons (Fsp3) is 0.533. The number of hydrogen-bond donors (Lipinski definition) is 1. The van der Waals surface area contributed by atoms with E-state index in [0.29, 0.717) is 10.6 Å². The van der Waals surface area contributed by atoms with Gasteiger partial charge in [-0.15, -0.1) is 0 Å². The molecule has 0 aliphatic heterocycles. The number of nitrogens with zero attached hydrogens (tertiary/aromatic N) is 1. The van der Waals surface area contributed by atoms with Crippen molar-refractivity contribution in [2.24, 2.45) is 5.73 Å². The van der Waals surface area contributed by atoms with Gasteiger partial charge in [-0.1, -0.05) is 44.0 Å². The highest BCUT2D eigenvalue weighted by molar-refractivity contribution is 7.88. The first-order valence-corrected chi connectivity index (χ1v) is 9.32. The summed E-state index contributed by atoms with van der Waals surface area (Å²) >= 11 is 6.21. The zero-order valence-corrected chi connectivity index (χ0v) is 14.6. The van der Waals surface area contributed by atoms with Gasteiger partial charge in [0.05, 0.1) is 12.3 Å². The smallest absolute Gasteiger partial charge is 0.232 e. The van der Waals surface area contributed by atoms with E-state index in [9.17, 15) is 13.2 Å². The Balaban J connectivity index is 3.06. The minimum absolute atomic E-state index is 0.173. The standard InChI is InChI=1S/C15H23ClN2O3S/c1-3-5-8-13-12(7-6-9-14(13)16)11-22(20,21)18(4-2)10-15(17)19/h6-7,9H,3-5,8,10-11H2,1-2H3,(H2,17,19). The maximum atomic E-state index is 12.5. The predicted molar refractivity (Wildman–Crippen MR) is 89.1 cm³/mol. The molecule has 0 atom stereocenters. The summed E-state index contributed by atoms with van der Waals surface area (Å²) in [7, 11) is -3.61. The Kier molecular flexibility index (Phi) is 7.32. The van der Waals surface area contributed by atoms with Crippen LogP contribution >= 0.6 is 11.6 Å². The van der Waals surface area contributed by atoms with E-state index in [1.54, 1.807) is 25.1 Å². The van der Waals surface area contributed by atoms with Crippen molar-refractivity contribution in [3.05, 3.63) is 34.3 Å². The fourth-order valence-corrected chi connectivity index (χ4v) is 4.09. The van der Waals surface area contributed by atoms with E-state index in [4.69, 9.17) is 17.3 Å². The van der Waals surface area contributed by atoms with Crippen LogP contribution in [0.5, 0.6) is 0 Å². The Morgan fingerprint density at radius 3 is 2.55 bits per heavy atom. The highest BCUT2D eigenvalue weighted by atomic mass is 35.5. The van der Waals surface area contributed by atoms with Crippen LogP contribution in [0.2, 0.25) is 5.02 Å². The number of benzene rings is 1. The summed E-state index contributed by atoms with van der Waals surface area (Å²) in [6.45, 7) is 3.65. The largest absolute Gasteiger partial charge is 0.369 e. The molecule has 1 aromatic carbocycles. The number of sulfonamides is 1. The van der Waals surface area contributed by atoms with Gasteiger partial charge in [0.15, 0.2) is 0 Å². The van der Waals surface area contributed by atoms with Crippen molar-refractivity contribution in [1.29, 1.82) is 0 Å². The molecular formula is C15H23ClN2O3S. The lowest BCUT2D eigenvalue weighted by Gasteiger charge is -2.20. The highest BCUT2D eigenvalue weighted by Crippen LogP contribution is 2.24. The van der Waals surface area contributed by atoms with Crippen LogP contribution in [-0.4, -0.2) is 31.7 Å². The molecule has 0 bridgehead atoms. The number of carbonyl (C=O) groups excluding carboxylic acids is 1. The summed E-state index contributed by atoms with van der Waals surface area (Å²) in [4.78, 5) is 11.0. The van der Waals surface area contributed by atoms with Crippen molar-refractivity contribution in [2.45, 2.75) is 38.9 Å². The van der Waals surface area contributed by atoms with Gasteiger partial charge in [-0.05, 0) is 30.0 Å². The van der Waals surface area contributed by atoms with E-state index in [-0.39, 0.29) is 18.8 Å². The average molecular weight is 347 g/mol. The topological polar surface area (TPSA) is 80.5 Å². The summed E-state index contributed by atoms with van der Waals surface area (Å²) in [5, 5.41) is 0.582. The Bertz CT molecular complexity index is 617. The van der Waals surface area contributed by atoms with Crippen LogP contribution in [0.1, 0.15) is 37.8 Å². The van der Waals surface area contributed by atoms with Gasteiger partial charge in [0.2, 0.25) is 15.9 Å². The molecule has 2 N–H and O–H groups in total. The molecule has 0 unspecified atom stereocenters. The van der Waals surface area contributed by atoms with Gasteiger partial charge in [0, 0.05) is 11.6 Å². The van der Waals surface area contributed by atoms with Gasteiger partial charge < -0.3 is 5.73 Å². The number of amides is 1. The van der Waals surface area contributed by atoms with Gasteiger partial charge >= 0.3 is 0 Å². The molecule has 0 aliphatic rings. The van der Waals surface area contributed by atoms with Crippen molar-refractivity contribution in [3.8, 4) is 0 Å². The first kappa shape index (κ1) is 18.9. The lowest BCUT2D eigenvalue weighted by Crippen LogP contribution is -2.39. The molecule has 0 fully saturated rings. The molecule has 0 spiro atoms. The van der Waals surface area contributed by atoms with E-state index >= 15 is 0 Å². The van der Waals surface area contributed by atoms with E-state index in [1.807, 2.05) is 0 Å². The molecule has 22 heavy (non-hydrogen) atoms. The SMILES string of the molecule is CCCCc1c(Cl)cccc1CS(=O)(=O)N(CC)CC(N)=O. The van der Waals surface area contributed by atoms with Crippen LogP contribution in [0.4, 0.5) is 0 Å². The van der Waals surface area contributed by atoms with Crippen LogP contribution in [0.15, 0.2) is 18.2 Å². The van der Waals surface area contributed by atoms with Crippen molar-refractivity contribution in [3.63, 3.8) is 0 Å². The van der Waals surface area contributed by atoms with E-state index in [0.717, 1.165) is 29.1 Å². The summed E-state index contributed by atoms with van der Waals surface area (Å²) in [6, 6.07) is 5.28. The fourth-order valence-electron chi connectivity index (χ4n) is 2.24. The number of unbranched alkanes of at least 4 members (excludes halogenated alkanes) is 1. The highest BCUT2D eigenvalue weighted by Gasteiger charge is 2.24. The maximum absolute atomic E-state index is 12.5. The molecule has 1 rings (SSSR count). The van der Waals surface area contributed by atoms with Gasteiger partial charge in [-0.25, -0.2) is 8.42 Å². The van der Waals surface area contributed by atoms with Gasteiger partial charge in [0.25, 0.3) is 0 Å². The summed E-state index contributed by atoms with van der Waals surface area (Å²) in [5.41, 5.74) is 6.66. The molecule has 0 aliphatic carbocycles. The summed E-state index contributed by atoms with van der Waals surface area (Å²) in [5.74, 6) is -0.837. The van der Waals surface area contributed by atoms with Crippen molar-refractivity contribution >= 4 is 27.5 Å². The first-order chi connectivity index (χ1) is 10.3. The lowest BCUT2D eigenvalue weighted by molar-refractivity contribution is -0.118. The van der Waals surface area contributed by atoms with Crippen LogP contribution in [-0.2, 0) is 27.0 Å². The van der Waals surface area contributed by atoms with Gasteiger partial charge in [-0.2, -0.15) is 4.31 Å². The number of nitrogens with two attached hydrogens (primary N) is 1. The molecule has 0 saturated heterocycles. The molecule has 0 saturated carbocycles. The van der Waals surface area contributed by atoms with Crippen LogP contribution in [0.3, 0.4) is 0 Å². The second-order valence-corrected chi connectivity index (χ2v) is 7.51. The first-order valence-electron chi connectivity index (χ1n) is 7.34. The van der Waals surface area contributed by atoms with Gasteiger partial charge in [0.1, 0.15) is 0 Å². The molecule has 7 heteroatoms. The average Bonchev–Trinajstić information content (AvgIpc) is 2.43. The van der Waals surface area contributed by atoms with Crippen molar-refractivity contribution in [2.75, 3.05) is 13.1 Å². The maximum Gasteiger partial charge on any atom is 0.232 e. The molecule has 0 radical (unpaired) electrons. The minimum atomic E-state index is -3.61. The second kappa shape index (κ2) is 8.50. The molecule has 1 amide bonds. The van der Waals surface area contributed by atoms with Crippen LogP contribution in [0.25, 0.3) is 0 Å².